The molecule has 2 aliphatic rings. The number of carbonyl (C=O) groups is 2. The SMILES string of the molecule is COc1cccc(Cc2cnc([C@H]3CCCCN3C(=O)CN3CCCC3=O)o2)c1. The normalized spacial score (nSPS) is 19.6. The van der Waals surface area contributed by atoms with Crippen molar-refractivity contribution in [3.63, 3.8) is 0 Å². The van der Waals surface area contributed by atoms with Crippen LogP contribution in [0.4, 0.5) is 0 Å². The van der Waals surface area contributed by atoms with Crippen LogP contribution in [0.1, 0.15) is 55.4 Å². The van der Waals surface area contributed by atoms with Gasteiger partial charge in [0.05, 0.1) is 19.9 Å². The van der Waals surface area contributed by atoms with Gasteiger partial charge in [-0.1, -0.05) is 12.1 Å². The third-order valence-corrected chi connectivity index (χ3v) is 5.69. The van der Waals surface area contributed by atoms with E-state index >= 15 is 0 Å². The van der Waals surface area contributed by atoms with Gasteiger partial charge in [-0.15, -0.1) is 0 Å². The number of nitrogens with zero attached hydrogens (tertiary/aromatic N) is 3. The molecule has 2 fully saturated rings. The van der Waals surface area contributed by atoms with Crippen molar-refractivity contribution in [1.82, 2.24) is 14.8 Å². The maximum Gasteiger partial charge on any atom is 0.242 e. The number of hydrogen-bond acceptors (Lipinski definition) is 5. The van der Waals surface area contributed by atoms with Gasteiger partial charge in [0.25, 0.3) is 0 Å². The first-order valence-corrected chi connectivity index (χ1v) is 10.3. The molecule has 7 nitrogen and oxygen atoms in total. The number of benzene rings is 1. The molecule has 1 atom stereocenters. The number of amides is 2. The van der Waals surface area contributed by atoms with E-state index < -0.39 is 0 Å². The van der Waals surface area contributed by atoms with Gasteiger partial charge in [-0.05, 0) is 43.4 Å². The smallest absolute Gasteiger partial charge is 0.242 e. The van der Waals surface area contributed by atoms with Crippen molar-refractivity contribution in [1.29, 1.82) is 0 Å². The van der Waals surface area contributed by atoms with Crippen LogP contribution in [-0.2, 0) is 16.0 Å². The Morgan fingerprint density at radius 3 is 2.97 bits per heavy atom. The second kappa shape index (κ2) is 8.68. The zero-order chi connectivity index (χ0) is 20.2. The largest absolute Gasteiger partial charge is 0.497 e. The highest BCUT2D eigenvalue weighted by atomic mass is 16.5. The van der Waals surface area contributed by atoms with Gasteiger partial charge in [0, 0.05) is 25.9 Å². The fraction of sp³-hybridized carbons (Fsp3) is 0.500. The van der Waals surface area contributed by atoms with E-state index in [9.17, 15) is 9.59 Å². The van der Waals surface area contributed by atoms with E-state index in [4.69, 9.17) is 9.15 Å². The zero-order valence-electron chi connectivity index (χ0n) is 16.8. The standard InChI is InChI=1S/C22H27N3O4/c1-28-17-7-4-6-16(12-17)13-18-14-23-22(29-18)19-8-2-3-11-25(19)21(27)15-24-10-5-9-20(24)26/h4,6-7,12,14,19H,2-3,5,8-11,13,15H2,1H3/t19-/m1/s1. The minimum absolute atomic E-state index is 0.0162. The Labute approximate surface area is 170 Å². The molecule has 29 heavy (non-hydrogen) atoms. The van der Waals surface area contributed by atoms with Crippen LogP contribution in [0, 0.1) is 0 Å². The number of hydrogen-bond donors (Lipinski definition) is 0. The maximum atomic E-state index is 12.9. The van der Waals surface area contributed by atoms with Crippen molar-refractivity contribution >= 4 is 11.8 Å². The van der Waals surface area contributed by atoms with E-state index in [1.807, 2.05) is 29.2 Å². The lowest BCUT2D eigenvalue weighted by molar-refractivity contribution is -0.141. The zero-order valence-corrected chi connectivity index (χ0v) is 16.8. The molecule has 1 aromatic carbocycles. The van der Waals surface area contributed by atoms with E-state index in [0.29, 0.717) is 31.8 Å². The Hall–Kier alpha value is -2.83. The van der Waals surface area contributed by atoms with Gasteiger partial charge in [0.15, 0.2) is 0 Å². The van der Waals surface area contributed by atoms with Crippen LogP contribution in [0.5, 0.6) is 5.75 Å². The Balaban J connectivity index is 1.45. The molecule has 0 unspecified atom stereocenters. The molecule has 154 valence electrons. The van der Waals surface area contributed by atoms with Crippen molar-refractivity contribution in [2.24, 2.45) is 0 Å². The van der Waals surface area contributed by atoms with E-state index in [-0.39, 0.29) is 24.4 Å². The predicted octanol–water partition coefficient (Wildman–Crippen LogP) is 2.95. The summed E-state index contributed by atoms with van der Waals surface area (Å²) in [7, 11) is 1.65. The lowest BCUT2D eigenvalue weighted by Crippen LogP contribution is -2.44. The van der Waals surface area contributed by atoms with Gasteiger partial charge in [0.1, 0.15) is 17.6 Å². The fourth-order valence-corrected chi connectivity index (χ4v) is 4.15. The molecule has 2 aromatic rings. The van der Waals surface area contributed by atoms with Crippen molar-refractivity contribution in [3.05, 3.63) is 47.7 Å². The number of ether oxygens (including phenoxy) is 1. The van der Waals surface area contributed by atoms with E-state index in [1.165, 1.54) is 0 Å². The summed E-state index contributed by atoms with van der Waals surface area (Å²) >= 11 is 0. The second-order valence-electron chi connectivity index (χ2n) is 7.71. The van der Waals surface area contributed by atoms with E-state index in [1.54, 1.807) is 18.2 Å². The summed E-state index contributed by atoms with van der Waals surface area (Å²) in [4.78, 5) is 32.8. The van der Waals surface area contributed by atoms with Gasteiger partial charge in [0.2, 0.25) is 17.7 Å². The summed E-state index contributed by atoms with van der Waals surface area (Å²) in [5, 5.41) is 0. The first kappa shape index (κ1) is 19.5. The van der Waals surface area contributed by atoms with Crippen LogP contribution >= 0.6 is 0 Å². The van der Waals surface area contributed by atoms with Crippen molar-refractivity contribution in [3.8, 4) is 5.75 Å². The minimum Gasteiger partial charge on any atom is -0.497 e. The third-order valence-electron chi connectivity index (χ3n) is 5.69. The number of oxazole rings is 1. The highest BCUT2D eigenvalue weighted by Gasteiger charge is 2.33. The topological polar surface area (TPSA) is 75.9 Å². The molecular weight excluding hydrogens is 370 g/mol. The molecule has 4 rings (SSSR count). The van der Waals surface area contributed by atoms with E-state index in [0.717, 1.165) is 42.8 Å². The average Bonchev–Trinajstić information content (AvgIpc) is 3.37. The number of methoxy groups -OCH3 is 1. The third kappa shape index (κ3) is 4.44. The predicted molar refractivity (Wildman–Crippen MR) is 106 cm³/mol. The summed E-state index contributed by atoms with van der Waals surface area (Å²) in [6.07, 6.45) is 6.58. The average molecular weight is 397 g/mol. The number of carbonyl (C=O) groups excluding carboxylic acids is 2. The lowest BCUT2D eigenvalue weighted by Gasteiger charge is -2.34. The Bertz CT molecular complexity index is 878. The van der Waals surface area contributed by atoms with Crippen LogP contribution in [0.25, 0.3) is 0 Å². The number of piperidine rings is 1. The Morgan fingerprint density at radius 2 is 2.17 bits per heavy atom. The summed E-state index contributed by atoms with van der Waals surface area (Å²) in [6, 6.07) is 7.70. The van der Waals surface area contributed by atoms with Gasteiger partial charge in [-0.25, -0.2) is 4.98 Å². The quantitative estimate of drug-likeness (QED) is 0.749. The molecule has 1 aromatic heterocycles. The minimum atomic E-state index is -0.159. The molecule has 0 spiro atoms. The summed E-state index contributed by atoms with van der Waals surface area (Å²) in [5.74, 6) is 2.22. The van der Waals surface area contributed by atoms with Crippen molar-refractivity contribution in [2.45, 2.75) is 44.6 Å². The van der Waals surface area contributed by atoms with Crippen LogP contribution in [0.2, 0.25) is 0 Å². The molecule has 0 saturated carbocycles. The molecule has 2 aliphatic heterocycles. The van der Waals surface area contributed by atoms with Crippen LogP contribution < -0.4 is 4.74 Å². The van der Waals surface area contributed by atoms with Gasteiger partial charge >= 0.3 is 0 Å². The number of rotatable bonds is 6. The molecule has 3 heterocycles. The van der Waals surface area contributed by atoms with Gasteiger partial charge in [-0.2, -0.15) is 0 Å². The highest BCUT2D eigenvalue weighted by Crippen LogP contribution is 2.31. The highest BCUT2D eigenvalue weighted by molar-refractivity contribution is 5.86. The monoisotopic (exact) mass is 397 g/mol. The fourth-order valence-electron chi connectivity index (χ4n) is 4.15. The molecule has 0 N–H and O–H groups in total. The molecule has 0 aliphatic carbocycles. The molecular formula is C22H27N3O4. The summed E-state index contributed by atoms with van der Waals surface area (Å²) in [6.45, 7) is 1.51. The first-order chi connectivity index (χ1) is 14.1. The summed E-state index contributed by atoms with van der Waals surface area (Å²) in [5.41, 5.74) is 1.08. The van der Waals surface area contributed by atoms with E-state index in [2.05, 4.69) is 4.98 Å². The molecule has 2 amide bonds. The molecule has 2 saturated heterocycles. The second-order valence-corrected chi connectivity index (χ2v) is 7.71. The van der Waals surface area contributed by atoms with Gasteiger partial charge < -0.3 is 19.0 Å². The van der Waals surface area contributed by atoms with Crippen LogP contribution in [0.3, 0.4) is 0 Å². The van der Waals surface area contributed by atoms with Crippen LogP contribution in [0.15, 0.2) is 34.9 Å². The Morgan fingerprint density at radius 1 is 1.28 bits per heavy atom. The molecule has 0 bridgehead atoms. The molecule has 7 heteroatoms. The Kier molecular flexibility index (Phi) is 5.83. The molecule has 0 radical (unpaired) electrons. The number of aromatic nitrogens is 1. The van der Waals surface area contributed by atoms with Crippen molar-refractivity contribution < 1.29 is 18.7 Å². The first-order valence-electron chi connectivity index (χ1n) is 10.3. The number of likely N-dealkylation sites (tertiary alicyclic amines) is 2. The van der Waals surface area contributed by atoms with Crippen LogP contribution in [-0.4, -0.2) is 53.3 Å². The van der Waals surface area contributed by atoms with Crippen molar-refractivity contribution in [2.75, 3.05) is 26.7 Å². The van der Waals surface area contributed by atoms with Gasteiger partial charge in [-0.3, -0.25) is 9.59 Å². The summed E-state index contributed by atoms with van der Waals surface area (Å²) < 4.78 is 11.3. The lowest BCUT2D eigenvalue weighted by atomic mass is 10.0. The maximum absolute atomic E-state index is 12.9.